The minimum Gasteiger partial charge on any atom is -0.504 e. The number of hydrogen-bond acceptors (Lipinski definition) is 6. The molecule has 0 spiro atoms. The zero-order valence-electron chi connectivity index (χ0n) is 15.1. The molecule has 1 saturated heterocycles. The van der Waals surface area contributed by atoms with E-state index in [-0.39, 0.29) is 23.0 Å². The summed E-state index contributed by atoms with van der Waals surface area (Å²) in [6.45, 7) is 3.49. The molecule has 1 fully saturated rings. The van der Waals surface area contributed by atoms with Crippen molar-refractivity contribution in [1.29, 1.82) is 0 Å². The molecule has 0 unspecified atom stereocenters. The lowest BCUT2D eigenvalue weighted by molar-refractivity contribution is 0.0695. The molecule has 0 bridgehead atoms. The number of anilines is 1. The van der Waals surface area contributed by atoms with Crippen molar-refractivity contribution in [3.05, 3.63) is 33.4 Å². The van der Waals surface area contributed by atoms with Crippen LogP contribution in [0.5, 0.6) is 5.75 Å². The first-order valence-electron chi connectivity index (χ1n) is 8.80. The van der Waals surface area contributed by atoms with E-state index in [0.29, 0.717) is 37.1 Å². The molecule has 4 rings (SSSR count). The third-order valence-electron chi connectivity index (χ3n) is 5.68. The number of aromatic carboxylic acids is 1. The van der Waals surface area contributed by atoms with Gasteiger partial charge in [-0.25, -0.2) is 9.18 Å². The summed E-state index contributed by atoms with van der Waals surface area (Å²) in [5, 5.41) is 21.3. The zero-order chi connectivity index (χ0) is 19.6. The van der Waals surface area contributed by atoms with Crippen molar-refractivity contribution in [2.75, 3.05) is 36.6 Å². The fourth-order valence-electron chi connectivity index (χ4n) is 4.12. The Labute approximate surface area is 154 Å². The van der Waals surface area contributed by atoms with Gasteiger partial charge in [0.25, 0.3) is 0 Å². The Kier molecular flexibility index (Phi) is 3.81. The highest BCUT2D eigenvalue weighted by Crippen LogP contribution is 2.41. The van der Waals surface area contributed by atoms with Gasteiger partial charge in [-0.1, -0.05) is 6.92 Å². The SMILES string of the molecule is C[C@@H]1CN(c2c(F)c(O)c3c(=O)c(C(=O)O)cn4c3c2CCN4C)C[C@H]1N. The summed E-state index contributed by atoms with van der Waals surface area (Å²) in [6, 6.07) is -0.114. The van der Waals surface area contributed by atoms with E-state index in [1.165, 1.54) is 10.9 Å². The third kappa shape index (κ3) is 2.38. The second-order valence-corrected chi connectivity index (χ2v) is 7.41. The predicted molar refractivity (Wildman–Crippen MR) is 98.9 cm³/mol. The molecule has 144 valence electrons. The number of aromatic nitrogens is 1. The van der Waals surface area contributed by atoms with Crippen LogP contribution in [-0.2, 0) is 6.42 Å². The van der Waals surface area contributed by atoms with Crippen LogP contribution in [-0.4, -0.2) is 53.6 Å². The molecule has 0 saturated carbocycles. The Hall–Kier alpha value is -2.81. The van der Waals surface area contributed by atoms with Crippen molar-refractivity contribution in [3.63, 3.8) is 0 Å². The molecular formula is C18H21FN4O4. The second-order valence-electron chi connectivity index (χ2n) is 7.41. The lowest BCUT2D eigenvalue weighted by Crippen LogP contribution is -2.39. The number of likely N-dealkylation sites (N-methyl/N-ethyl adjacent to an activating group) is 1. The van der Waals surface area contributed by atoms with Crippen molar-refractivity contribution in [2.24, 2.45) is 11.7 Å². The molecule has 0 amide bonds. The van der Waals surface area contributed by atoms with Crippen LogP contribution < -0.4 is 21.1 Å². The lowest BCUT2D eigenvalue weighted by atomic mass is 9.98. The van der Waals surface area contributed by atoms with Gasteiger partial charge in [-0.3, -0.25) is 9.47 Å². The summed E-state index contributed by atoms with van der Waals surface area (Å²) >= 11 is 0. The van der Waals surface area contributed by atoms with Gasteiger partial charge < -0.3 is 25.9 Å². The number of nitrogens with two attached hydrogens (primary N) is 1. The molecular weight excluding hydrogens is 355 g/mol. The quantitative estimate of drug-likeness (QED) is 0.698. The number of carbonyl (C=O) groups is 1. The van der Waals surface area contributed by atoms with Crippen LogP contribution in [0.3, 0.4) is 0 Å². The Morgan fingerprint density at radius 2 is 2.07 bits per heavy atom. The van der Waals surface area contributed by atoms with Crippen molar-refractivity contribution in [2.45, 2.75) is 19.4 Å². The highest BCUT2D eigenvalue weighted by molar-refractivity contribution is 5.99. The average molecular weight is 376 g/mol. The van der Waals surface area contributed by atoms with E-state index < -0.39 is 28.5 Å². The number of rotatable bonds is 2. The number of hydrogen-bond donors (Lipinski definition) is 3. The zero-order valence-corrected chi connectivity index (χ0v) is 15.1. The van der Waals surface area contributed by atoms with Gasteiger partial charge in [-0.2, -0.15) is 0 Å². The number of halogens is 1. The number of phenols is 1. The Morgan fingerprint density at radius 1 is 1.37 bits per heavy atom. The number of pyridine rings is 1. The third-order valence-corrected chi connectivity index (χ3v) is 5.68. The Morgan fingerprint density at radius 3 is 2.67 bits per heavy atom. The number of nitrogens with zero attached hydrogens (tertiary/aromatic N) is 3. The maximum atomic E-state index is 15.2. The summed E-state index contributed by atoms with van der Waals surface area (Å²) in [5.74, 6) is -2.96. The lowest BCUT2D eigenvalue weighted by Gasteiger charge is -2.34. The van der Waals surface area contributed by atoms with Gasteiger partial charge in [-0.05, 0) is 12.3 Å². The van der Waals surface area contributed by atoms with E-state index in [0.717, 1.165) is 0 Å². The van der Waals surface area contributed by atoms with Gasteiger partial charge in [0.2, 0.25) is 5.43 Å². The van der Waals surface area contributed by atoms with Crippen molar-refractivity contribution >= 4 is 22.6 Å². The first-order valence-corrected chi connectivity index (χ1v) is 8.80. The van der Waals surface area contributed by atoms with E-state index in [4.69, 9.17) is 5.73 Å². The first kappa shape index (κ1) is 17.6. The number of phenolic OH excluding ortho intramolecular Hbond substituents is 1. The monoisotopic (exact) mass is 376 g/mol. The topological polar surface area (TPSA) is 112 Å². The fraction of sp³-hybridized carbons (Fsp3) is 0.444. The first-order chi connectivity index (χ1) is 12.7. The second kappa shape index (κ2) is 5.85. The summed E-state index contributed by atoms with van der Waals surface area (Å²) < 4.78 is 16.7. The van der Waals surface area contributed by atoms with Crippen LogP contribution in [0.15, 0.2) is 11.0 Å². The number of carboxylic acids is 1. The number of benzene rings is 1. The molecule has 3 heterocycles. The maximum absolute atomic E-state index is 15.2. The van der Waals surface area contributed by atoms with Crippen LogP contribution in [0, 0.1) is 11.7 Å². The van der Waals surface area contributed by atoms with Gasteiger partial charge in [-0.15, -0.1) is 0 Å². The summed E-state index contributed by atoms with van der Waals surface area (Å²) in [7, 11) is 1.74. The molecule has 2 aliphatic rings. The minimum atomic E-state index is -1.42. The van der Waals surface area contributed by atoms with E-state index >= 15 is 4.39 Å². The largest absolute Gasteiger partial charge is 0.504 e. The predicted octanol–water partition coefficient (Wildman–Crippen LogP) is 0.452. The maximum Gasteiger partial charge on any atom is 0.341 e. The molecule has 27 heavy (non-hydrogen) atoms. The number of carboxylic acid groups (broad SMARTS) is 1. The normalized spacial score (nSPS) is 21.9. The fourth-order valence-corrected chi connectivity index (χ4v) is 4.12. The van der Waals surface area contributed by atoms with Gasteiger partial charge in [0.05, 0.1) is 16.6 Å². The number of aromatic hydroxyl groups is 1. The molecule has 0 radical (unpaired) electrons. The average Bonchev–Trinajstić information content (AvgIpc) is 2.93. The molecule has 1 aromatic heterocycles. The molecule has 1 aromatic carbocycles. The van der Waals surface area contributed by atoms with E-state index in [2.05, 4.69) is 0 Å². The molecule has 2 aliphatic heterocycles. The van der Waals surface area contributed by atoms with Crippen LogP contribution in [0.1, 0.15) is 22.8 Å². The van der Waals surface area contributed by atoms with Crippen molar-refractivity contribution < 1.29 is 19.4 Å². The molecule has 0 aliphatic carbocycles. The molecule has 2 atom stereocenters. The molecule has 9 heteroatoms. The van der Waals surface area contributed by atoms with Crippen LogP contribution in [0.2, 0.25) is 0 Å². The van der Waals surface area contributed by atoms with Crippen molar-refractivity contribution in [3.8, 4) is 5.75 Å². The van der Waals surface area contributed by atoms with Gasteiger partial charge in [0.15, 0.2) is 11.6 Å². The van der Waals surface area contributed by atoms with Crippen LogP contribution in [0.4, 0.5) is 10.1 Å². The Bertz CT molecular complexity index is 1020. The van der Waals surface area contributed by atoms with Crippen LogP contribution >= 0.6 is 0 Å². The molecule has 8 nitrogen and oxygen atoms in total. The van der Waals surface area contributed by atoms with E-state index in [1.807, 2.05) is 11.8 Å². The van der Waals surface area contributed by atoms with E-state index in [9.17, 15) is 19.8 Å². The van der Waals surface area contributed by atoms with E-state index in [1.54, 1.807) is 12.1 Å². The summed E-state index contributed by atoms with van der Waals surface area (Å²) in [5.41, 5.74) is 5.88. The standard InChI is InChI=1S/C18H21FN4O4/c1-8-5-22(7-11(8)20)15-9-3-4-21(2)23-6-10(18(26)27)16(24)12(14(9)23)17(25)13(15)19/h6,8,11,25H,3-5,7,20H2,1-2H3,(H,26,27)/t8-,11-/m1/s1. The van der Waals surface area contributed by atoms with Crippen molar-refractivity contribution in [1.82, 2.24) is 4.68 Å². The molecule has 4 N–H and O–H groups in total. The van der Waals surface area contributed by atoms with Gasteiger partial charge in [0.1, 0.15) is 5.56 Å². The molecule has 2 aromatic rings. The van der Waals surface area contributed by atoms with Crippen LogP contribution in [0.25, 0.3) is 10.9 Å². The smallest absolute Gasteiger partial charge is 0.341 e. The highest BCUT2D eigenvalue weighted by atomic mass is 19.1. The van der Waals surface area contributed by atoms with Gasteiger partial charge in [0, 0.05) is 44.5 Å². The van der Waals surface area contributed by atoms with Gasteiger partial charge >= 0.3 is 5.97 Å². The Balaban J connectivity index is 2.10. The summed E-state index contributed by atoms with van der Waals surface area (Å²) in [4.78, 5) is 25.9. The highest BCUT2D eigenvalue weighted by Gasteiger charge is 2.35. The minimum absolute atomic E-state index is 0.114. The summed E-state index contributed by atoms with van der Waals surface area (Å²) in [6.07, 6.45) is 1.70.